The zero-order valence-corrected chi connectivity index (χ0v) is 21.0. The summed E-state index contributed by atoms with van der Waals surface area (Å²) < 4.78 is 12.3. The first-order valence-corrected chi connectivity index (χ1v) is 12.3. The van der Waals surface area contributed by atoms with Crippen LogP contribution in [0.2, 0.25) is 5.02 Å². The molecule has 5 nitrogen and oxygen atoms in total. The van der Waals surface area contributed by atoms with Crippen molar-refractivity contribution in [3.63, 3.8) is 0 Å². The average Bonchev–Trinajstić information content (AvgIpc) is 3.07. The van der Waals surface area contributed by atoms with Crippen molar-refractivity contribution in [3.8, 4) is 11.5 Å². The van der Waals surface area contributed by atoms with E-state index in [2.05, 4.69) is 15.9 Å². The van der Waals surface area contributed by atoms with Crippen molar-refractivity contribution in [1.82, 2.24) is 4.90 Å². The number of halogens is 2. The van der Waals surface area contributed by atoms with Gasteiger partial charge in [-0.3, -0.25) is 14.5 Å². The molecule has 170 valence electrons. The molecule has 1 fully saturated rings. The third-order valence-electron chi connectivity index (χ3n) is 5.20. The Hall–Kier alpha value is -2.48. The summed E-state index contributed by atoms with van der Waals surface area (Å²) in [4.78, 5) is 26.8. The van der Waals surface area contributed by atoms with E-state index in [0.29, 0.717) is 29.5 Å². The lowest BCUT2D eigenvalue weighted by molar-refractivity contribution is -0.127. The molecule has 1 aliphatic rings. The predicted octanol–water partition coefficient (Wildman–Crippen LogP) is 6.50. The van der Waals surface area contributed by atoms with Crippen LogP contribution in [0.5, 0.6) is 11.5 Å². The molecule has 1 heterocycles. The van der Waals surface area contributed by atoms with E-state index in [4.69, 9.17) is 21.1 Å². The van der Waals surface area contributed by atoms with Crippen LogP contribution in [0.25, 0.3) is 0 Å². The molecule has 0 unspecified atom stereocenters. The number of benzene rings is 3. The van der Waals surface area contributed by atoms with E-state index in [1.807, 2.05) is 54.6 Å². The standard InChI is InChI=1S/C25H21BrClNO4S/c1-31-21-12-18(11-20(26)23(21)32-15-17-5-3-2-4-6-17)13-22-24(29)28(25(30)33-22)14-16-7-9-19(27)10-8-16/h2-12,22H,13-15H2,1H3/t22-/m0/s1. The lowest BCUT2D eigenvalue weighted by Crippen LogP contribution is -2.31. The number of nitrogens with zero attached hydrogens (tertiary/aromatic N) is 1. The number of amides is 2. The van der Waals surface area contributed by atoms with Gasteiger partial charge in [0.05, 0.1) is 23.4 Å². The fourth-order valence-electron chi connectivity index (χ4n) is 3.52. The Kier molecular flexibility index (Phi) is 7.63. The number of rotatable bonds is 8. The molecule has 0 N–H and O–H groups in total. The van der Waals surface area contributed by atoms with Gasteiger partial charge in [0.25, 0.3) is 5.24 Å². The highest BCUT2D eigenvalue weighted by Gasteiger charge is 2.39. The van der Waals surface area contributed by atoms with Crippen LogP contribution in [0, 0.1) is 0 Å². The number of thioether (sulfide) groups is 1. The van der Waals surface area contributed by atoms with Crippen molar-refractivity contribution in [2.24, 2.45) is 0 Å². The van der Waals surface area contributed by atoms with Gasteiger partial charge in [0, 0.05) is 5.02 Å². The maximum atomic E-state index is 12.9. The third-order valence-corrected chi connectivity index (χ3v) is 7.11. The number of ether oxygens (including phenoxy) is 2. The van der Waals surface area contributed by atoms with Gasteiger partial charge in [0.2, 0.25) is 5.91 Å². The number of carbonyl (C=O) groups is 2. The van der Waals surface area contributed by atoms with Crippen LogP contribution < -0.4 is 9.47 Å². The van der Waals surface area contributed by atoms with E-state index >= 15 is 0 Å². The topological polar surface area (TPSA) is 55.8 Å². The Morgan fingerprint density at radius 3 is 2.42 bits per heavy atom. The minimum atomic E-state index is -0.488. The van der Waals surface area contributed by atoms with E-state index < -0.39 is 5.25 Å². The summed E-state index contributed by atoms with van der Waals surface area (Å²) >= 11 is 10.5. The Morgan fingerprint density at radius 1 is 1.00 bits per heavy atom. The van der Waals surface area contributed by atoms with E-state index in [0.717, 1.165) is 32.9 Å². The predicted molar refractivity (Wildman–Crippen MR) is 134 cm³/mol. The molecule has 3 aromatic carbocycles. The lowest BCUT2D eigenvalue weighted by Gasteiger charge is -2.16. The second-order valence-electron chi connectivity index (χ2n) is 7.51. The van der Waals surface area contributed by atoms with Crippen molar-refractivity contribution in [2.45, 2.75) is 24.8 Å². The zero-order chi connectivity index (χ0) is 23.4. The fourth-order valence-corrected chi connectivity index (χ4v) is 5.28. The highest BCUT2D eigenvalue weighted by atomic mass is 79.9. The molecule has 0 saturated carbocycles. The number of hydrogen-bond acceptors (Lipinski definition) is 5. The van der Waals surface area contributed by atoms with Gasteiger partial charge in [-0.1, -0.05) is 65.8 Å². The van der Waals surface area contributed by atoms with Gasteiger partial charge in [-0.15, -0.1) is 0 Å². The van der Waals surface area contributed by atoms with Gasteiger partial charge >= 0.3 is 0 Å². The average molecular weight is 547 g/mol. The SMILES string of the molecule is COc1cc(C[C@@H]2SC(=O)N(Cc3ccc(Cl)cc3)C2=O)cc(Br)c1OCc1ccccc1. The minimum Gasteiger partial charge on any atom is -0.493 e. The molecule has 33 heavy (non-hydrogen) atoms. The summed E-state index contributed by atoms with van der Waals surface area (Å²) in [7, 11) is 1.58. The molecule has 1 atom stereocenters. The molecule has 0 aromatic heterocycles. The fraction of sp³-hybridized carbons (Fsp3) is 0.200. The first kappa shape index (κ1) is 23.7. The molecular formula is C25H21BrClNO4S. The largest absolute Gasteiger partial charge is 0.493 e. The van der Waals surface area contributed by atoms with Crippen LogP contribution in [0.15, 0.2) is 71.2 Å². The summed E-state index contributed by atoms with van der Waals surface area (Å²) in [5.41, 5.74) is 2.77. The van der Waals surface area contributed by atoms with Crippen LogP contribution in [0.3, 0.4) is 0 Å². The normalized spacial score (nSPS) is 15.7. The van der Waals surface area contributed by atoms with Crippen molar-refractivity contribution in [2.75, 3.05) is 7.11 Å². The first-order valence-electron chi connectivity index (χ1n) is 10.2. The van der Waals surface area contributed by atoms with Gasteiger partial charge in [-0.25, -0.2) is 0 Å². The van der Waals surface area contributed by atoms with Crippen LogP contribution in [0.1, 0.15) is 16.7 Å². The Balaban J connectivity index is 1.45. The molecule has 0 radical (unpaired) electrons. The second-order valence-corrected chi connectivity index (χ2v) is 9.96. The van der Waals surface area contributed by atoms with Crippen LogP contribution in [-0.4, -0.2) is 28.4 Å². The van der Waals surface area contributed by atoms with Crippen LogP contribution in [-0.2, 0) is 24.4 Å². The molecule has 1 saturated heterocycles. The highest BCUT2D eigenvalue weighted by Crippen LogP contribution is 2.39. The molecule has 8 heteroatoms. The summed E-state index contributed by atoms with van der Waals surface area (Å²) in [5, 5.41) is -0.118. The Morgan fingerprint density at radius 2 is 1.73 bits per heavy atom. The highest BCUT2D eigenvalue weighted by molar-refractivity contribution is 9.10. The molecule has 2 amide bonds. The Bertz CT molecular complexity index is 1160. The van der Waals surface area contributed by atoms with E-state index in [1.54, 1.807) is 19.2 Å². The quantitative estimate of drug-likeness (QED) is 0.323. The number of imide groups is 1. The molecular weight excluding hydrogens is 526 g/mol. The van der Waals surface area contributed by atoms with Crippen molar-refractivity contribution >= 4 is 50.4 Å². The lowest BCUT2D eigenvalue weighted by atomic mass is 10.1. The monoisotopic (exact) mass is 545 g/mol. The van der Waals surface area contributed by atoms with E-state index in [9.17, 15) is 9.59 Å². The molecule has 0 spiro atoms. The van der Waals surface area contributed by atoms with Crippen LogP contribution in [0.4, 0.5) is 4.79 Å². The first-order chi connectivity index (χ1) is 15.9. The maximum absolute atomic E-state index is 12.9. The van der Waals surface area contributed by atoms with Gasteiger partial charge in [-0.05, 0) is 63.3 Å². The van der Waals surface area contributed by atoms with Gasteiger partial charge in [-0.2, -0.15) is 0 Å². The minimum absolute atomic E-state index is 0.195. The zero-order valence-electron chi connectivity index (χ0n) is 17.8. The number of hydrogen-bond donors (Lipinski definition) is 0. The third kappa shape index (κ3) is 5.72. The molecule has 4 rings (SSSR count). The summed E-state index contributed by atoms with van der Waals surface area (Å²) in [6, 6.07) is 20.7. The van der Waals surface area contributed by atoms with Crippen molar-refractivity contribution in [1.29, 1.82) is 0 Å². The number of methoxy groups -OCH3 is 1. The summed E-state index contributed by atoms with van der Waals surface area (Å²) in [6.45, 7) is 0.637. The van der Waals surface area contributed by atoms with E-state index in [-0.39, 0.29) is 17.7 Å². The Labute approximate surface area is 210 Å². The molecule has 3 aromatic rings. The van der Waals surface area contributed by atoms with Crippen molar-refractivity contribution in [3.05, 3.63) is 92.9 Å². The van der Waals surface area contributed by atoms with E-state index in [1.165, 1.54) is 4.90 Å². The van der Waals surface area contributed by atoms with Crippen LogP contribution >= 0.6 is 39.3 Å². The number of carbonyl (C=O) groups excluding carboxylic acids is 2. The van der Waals surface area contributed by atoms with Crippen molar-refractivity contribution < 1.29 is 19.1 Å². The van der Waals surface area contributed by atoms with Gasteiger partial charge in [0.15, 0.2) is 11.5 Å². The van der Waals surface area contributed by atoms with Gasteiger partial charge < -0.3 is 9.47 Å². The molecule has 1 aliphatic heterocycles. The summed E-state index contributed by atoms with van der Waals surface area (Å²) in [6.07, 6.45) is 0.403. The smallest absolute Gasteiger partial charge is 0.289 e. The maximum Gasteiger partial charge on any atom is 0.289 e. The summed E-state index contributed by atoms with van der Waals surface area (Å²) in [5.74, 6) is 0.963. The molecule has 0 aliphatic carbocycles. The second kappa shape index (κ2) is 10.6. The molecule has 0 bridgehead atoms. The van der Waals surface area contributed by atoms with Gasteiger partial charge in [0.1, 0.15) is 6.61 Å².